The lowest BCUT2D eigenvalue weighted by molar-refractivity contribution is -0.207. The first-order valence-corrected chi connectivity index (χ1v) is 13.6. The molecule has 3 aliphatic rings. The van der Waals surface area contributed by atoms with Crippen molar-refractivity contribution in [2.45, 2.75) is 95.6 Å². The first kappa shape index (κ1) is 26.7. The lowest BCUT2D eigenvalue weighted by Crippen LogP contribution is -2.58. The van der Waals surface area contributed by atoms with Gasteiger partial charge in [-0.2, -0.15) is 0 Å². The minimum Gasteiger partial charge on any atom is -0.346 e. The molecule has 0 unspecified atom stereocenters. The van der Waals surface area contributed by atoms with Crippen molar-refractivity contribution in [3.63, 3.8) is 0 Å². The molecule has 3 atom stereocenters. The molecule has 1 spiro atoms. The largest absolute Gasteiger partial charge is 0.346 e. The van der Waals surface area contributed by atoms with Crippen molar-refractivity contribution in [1.82, 2.24) is 20.2 Å². The van der Waals surface area contributed by atoms with E-state index < -0.39 is 35.0 Å². The molecule has 7 nitrogen and oxygen atoms in total. The van der Waals surface area contributed by atoms with Gasteiger partial charge in [0.1, 0.15) is 11.3 Å². The van der Waals surface area contributed by atoms with Crippen LogP contribution in [0.5, 0.6) is 0 Å². The normalized spacial score (nSPS) is 23.9. The van der Waals surface area contributed by atoms with Crippen molar-refractivity contribution >= 4 is 28.6 Å². The summed E-state index contributed by atoms with van der Waals surface area (Å²) in [6.45, 7) is 4.39. The van der Waals surface area contributed by atoms with Gasteiger partial charge in [0.15, 0.2) is 11.6 Å². The van der Waals surface area contributed by atoms with Crippen LogP contribution in [0.25, 0.3) is 11.0 Å². The number of benzene rings is 1. The van der Waals surface area contributed by atoms with E-state index in [9.17, 15) is 27.6 Å². The van der Waals surface area contributed by atoms with Gasteiger partial charge >= 0.3 is 0 Å². The summed E-state index contributed by atoms with van der Waals surface area (Å²) < 4.78 is 40.9. The van der Waals surface area contributed by atoms with Gasteiger partial charge in [-0.3, -0.25) is 14.4 Å². The highest BCUT2D eigenvalue weighted by Crippen LogP contribution is 2.64. The van der Waals surface area contributed by atoms with E-state index in [2.05, 4.69) is 15.3 Å². The Morgan fingerprint density at radius 2 is 1.92 bits per heavy atom. The molecule has 2 heterocycles. The van der Waals surface area contributed by atoms with Gasteiger partial charge in [0.05, 0.1) is 18.0 Å². The van der Waals surface area contributed by atoms with Crippen LogP contribution in [-0.4, -0.2) is 57.0 Å². The summed E-state index contributed by atoms with van der Waals surface area (Å²) in [6.07, 6.45) is 3.08. The lowest BCUT2D eigenvalue weighted by Gasteiger charge is -2.56. The van der Waals surface area contributed by atoms with Crippen molar-refractivity contribution in [3.05, 3.63) is 29.8 Å². The number of halogens is 3. The molecule has 3 fully saturated rings. The fraction of sp³-hybridized carbons (Fsp3) is 0.643. The topological polar surface area (TPSA) is 95.2 Å². The van der Waals surface area contributed by atoms with E-state index in [-0.39, 0.29) is 54.8 Å². The molecule has 38 heavy (non-hydrogen) atoms. The van der Waals surface area contributed by atoms with Crippen LogP contribution in [0.4, 0.5) is 13.2 Å². The van der Waals surface area contributed by atoms with Gasteiger partial charge in [-0.15, -0.1) is 0 Å². The smallest absolute Gasteiger partial charge is 0.249 e. The predicted molar refractivity (Wildman–Crippen MR) is 135 cm³/mol. The van der Waals surface area contributed by atoms with Crippen molar-refractivity contribution in [2.24, 2.45) is 11.3 Å². The summed E-state index contributed by atoms with van der Waals surface area (Å²) in [5.41, 5.74) is 0.259. The first-order valence-electron chi connectivity index (χ1n) is 13.6. The van der Waals surface area contributed by atoms with Crippen LogP contribution in [0.2, 0.25) is 0 Å². The maximum Gasteiger partial charge on any atom is 0.249 e. The van der Waals surface area contributed by atoms with Crippen molar-refractivity contribution < 1.29 is 27.6 Å². The number of hydrogen-bond acceptors (Lipinski definition) is 4. The number of nitrogens with zero attached hydrogens (tertiary/aromatic N) is 2. The number of H-pyrrole nitrogens is 1. The number of nitrogens with one attached hydrogen (secondary N) is 2. The number of ketones is 1. The van der Waals surface area contributed by atoms with E-state index in [0.717, 1.165) is 19.3 Å². The standard InChI is InChI=1S/C28H35F3N4O3/c1-16(25-32-20-8-5-7-19(29)24(20)34-25)10-22(36)21(11-23(37)35-9-4-3-6-17(35)2)33-26(38)18-12-27(13-18)14-28(30,31)15-27/h5,7-8,16-18,21H,3-4,6,9-15H2,1-2H3,(H,32,34)(H,33,38)/t16-,17+,21+/m1/s1. The second kappa shape index (κ2) is 10.0. The number of aromatic nitrogens is 2. The van der Waals surface area contributed by atoms with Crippen LogP contribution >= 0.6 is 0 Å². The van der Waals surface area contributed by atoms with E-state index in [1.54, 1.807) is 24.0 Å². The number of fused-ring (bicyclic) bond motifs is 1. The molecule has 1 saturated heterocycles. The average molecular weight is 533 g/mol. The molecule has 0 radical (unpaired) electrons. The van der Waals surface area contributed by atoms with Gasteiger partial charge in [0, 0.05) is 43.7 Å². The van der Waals surface area contributed by atoms with E-state index in [1.165, 1.54) is 6.07 Å². The molecule has 1 aliphatic heterocycles. The molecule has 206 valence electrons. The molecule has 2 saturated carbocycles. The summed E-state index contributed by atoms with van der Waals surface area (Å²) in [5.74, 6) is -4.34. The highest BCUT2D eigenvalue weighted by molar-refractivity contribution is 5.94. The number of rotatable bonds is 8. The molecule has 1 aromatic carbocycles. The Balaban J connectivity index is 1.26. The number of alkyl halides is 2. The molecular weight excluding hydrogens is 497 g/mol. The number of amides is 2. The molecule has 5 rings (SSSR count). The van der Waals surface area contributed by atoms with Crippen molar-refractivity contribution in [1.29, 1.82) is 0 Å². The monoisotopic (exact) mass is 532 g/mol. The van der Waals surface area contributed by atoms with Crippen molar-refractivity contribution in [3.8, 4) is 0 Å². The molecule has 10 heteroatoms. The van der Waals surface area contributed by atoms with Crippen LogP contribution < -0.4 is 5.32 Å². The number of Topliss-reactive ketones (excluding diaryl/α,β-unsaturated/α-hetero) is 1. The third kappa shape index (κ3) is 5.31. The average Bonchev–Trinajstić information content (AvgIpc) is 3.26. The summed E-state index contributed by atoms with van der Waals surface area (Å²) in [4.78, 5) is 48.8. The molecule has 2 aromatic rings. The molecule has 1 aromatic heterocycles. The Morgan fingerprint density at radius 1 is 1.18 bits per heavy atom. The summed E-state index contributed by atoms with van der Waals surface area (Å²) in [7, 11) is 0. The van der Waals surface area contributed by atoms with Crippen LogP contribution in [0.15, 0.2) is 18.2 Å². The van der Waals surface area contributed by atoms with Crippen molar-refractivity contribution in [2.75, 3.05) is 6.54 Å². The second-order valence-electron chi connectivity index (χ2n) is 11.8. The molecule has 0 bridgehead atoms. The maximum absolute atomic E-state index is 14.1. The van der Waals surface area contributed by atoms with E-state index in [1.807, 2.05) is 6.92 Å². The van der Waals surface area contributed by atoms with Crippen LogP contribution in [0.1, 0.15) is 83.4 Å². The highest BCUT2D eigenvalue weighted by Gasteiger charge is 2.63. The van der Waals surface area contributed by atoms with Crippen LogP contribution in [0.3, 0.4) is 0 Å². The minimum atomic E-state index is -2.65. The summed E-state index contributed by atoms with van der Waals surface area (Å²) >= 11 is 0. The minimum absolute atomic E-state index is 0.00392. The third-order valence-electron chi connectivity index (χ3n) is 8.66. The second-order valence-corrected chi connectivity index (χ2v) is 11.8. The number of para-hydroxylation sites is 1. The van der Waals surface area contributed by atoms with E-state index >= 15 is 0 Å². The van der Waals surface area contributed by atoms with E-state index in [4.69, 9.17) is 0 Å². The third-order valence-corrected chi connectivity index (χ3v) is 8.66. The SMILES string of the molecule is C[C@H](CC(=O)[C@H](CC(=O)N1CCCC[C@@H]1C)NC(=O)C1CC2(C1)CC(F)(F)C2)c1nc2c(F)cccc2[nH]1. The number of aromatic amines is 1. The number of likely N-dealkylation sites (tertiary alicyclic amines) is 1. The Kier molecular flexibility index (Phi) is 7.02. The molecule has 2 aliphatic carbocycles. The Morgan fingerprint density at radius 3 is 2.58 bits per heavy atom. The lowest BCUT2D eigenvalue weighted by atomic mass is 9.50. The van der Waals surface area contributed by atoms with Crippen LogP contribution in [-0.2, 0) is 14.4 Å². The Hall–Kier alpha value is -2.91. The van der Waals surface area contributed by atoms with Gasteiger partial charge in [-0.1, -0.05) is 13.0 Å². The zero-order valence-electron chi connectivity index (χ0n) is 21.9. The predicted octanol–water partition coefficient (Wildman–Crippen LogP) is 4.87. The zero-order chi connectivity index (χ0) is 27.2. The fourth-order valence-electron chi connectivity index (χ4n) is 6.59. The van der Waals surface area contributed by atoms with Crippen LogP contribution in [0, 0.1) is 17.2 Å². The number of piperidine rings is 1. The van der Waals surface area contributed by atoms with Gasteiger partial charge in [-0.05, 0) is 56.6 Å². The summed E-state index contributed by atoms with van der Waals surface area (Å²) in [5, 5.41) is 2.79. The van der Waals surface area contributed by atoms with Gasteiger partial charge in [0.25, 0.3) is 0 Å². The first-order chi connectivity index (χ1) is 18.0. The Bertz CT molecular complexity index is 1230. The molecular formula is C28H35F3N4O3. The van der Waals surface area contributed by atoms with Gasteiger partial charge in [-0.25, -0.2) is 18.2 Å². The molecule has 2 amide bonds. The Labute approximate surface area is 219 Å². The number of carbonyl (C=O) groups is 3. The van der Waals surface area contributed by atoms with Gasteiger partial charge in [0.2, 0.25) is 17.7 Å². The maximum atomic E-state index is 14.1. The quantitative estimate of drug-likeness (QED) is 0.507. The number of hydrogen-bond donors (Lipinski definition) is 2. The highest BCUT2D eigenvalue weighted by atomic mass is 19.3. The van der Waals surface area contributed by atoms with Gasteiger partial charge < -0.3 is 15.2 Å². The summed E-state index contributed by atoms with van der Waals surface area (Å²) in [6, 6.07) is 3.64. The fourth-order valence-corrected chi connectivity index (χ4v) is 6.59. The zero-order valence-corrected chi connectivity index (χ0v) is 21.9. The number of carbonyl (C=O) groups excluding carboxylic acids is 3. The molecule has 2 N–H and O–H groups in total. The van der Waals surface area contributed by atoms with E-state index in [0.29, 0.717) is 30.7 Å². The number of imidazole rings is 1.